The minimum absolute atomic E-state index is 0.0211. The van der Waals surface area contributed by atoms with Crippen LogP contribution in [0.2, 0.25) is 0 Å². The number of benzene rings is 2. The number of nitrogens with zero attached hydrogens (tertiary/aromatic N) is 3. The minimum atomic E-state index is -3.71. The van der Waals surface area contributed by atoms with E-state index in [-0.39, 0.29) is 18.5 Å². The molecule has 2 aromatic carbocycles. The van der Waals surface area contributed by atoms with E-state index in [0.717, 1.165) is 16.1 Å². The SMILES string of the molecule is CC(C)Oc1cccc(N(CC(=O)NCc2nc(-c3ccccc3)no2)S(C)(=O)=O)c1. The Morgan fingerprint density at radius 2 is 1.90 bits per heavy atom. The summed E-state index contributed by atoms with van der Waals surface area (Å²) >= 11 is 0. The van der Waals surface area contributed by atoms with Crippen LogP contribution in [0.3, 0.4) is 0 Å². The predicted octanol–water partition coefficient (Wildman–Crippen LogP) is 2.61. The largest absolute Gasteiger partial charge is 0.491 e. The van der Waals surface area contributed by atoms with E-state index in [1.54, 1.807) is 24.3 Å². The molecule has 1 heterocycles. The van der Waals surface area contributed by atoms with E-state index in [1.807, 2.05) is 44.2 Å². The molecule has 31 heavy (non-hydrogen) atoms. The van der Waals surface area contributed by atoms with Crippen LogP contribution in [0.5, 0.6) is 5.75 Å². The molecule has 0 fully saturated rings. The number of hydrogen-bond acceptors (Lipinski definition) is 7. The summed E-state index contributed by atoms with van der Waals surface area (Å²) in [5.41, 5.74) is 1.12. The van der Waals surface area contributed by atoms with Crippen molar-refractivity contribution in [1.82, 2.24) is 15.5 Å². The number of amides is 1. The second-order valence-electron chi connectivity index (χ2n) is 7.09. The van der Waals surface area contributed by atoms with Crippen LogP contribution in [0.4, 0.5) is 5.69 Å². The van der Waals surface area contributed by atoms with E-state index < -0.39 is 22.5 Å². The number of rotatable bonds is 9. The number of anilines is 1. The van der Waals surface area contributed by atoms with E-state index in [4.69, 9.17) is 9.26 Å². The zero-order valence-corrected chi connectivity index (χ0v) is 18.3. The van der Waals surface area contributed by atoms with Gasteiger partial charge in [-0.25, -0.2) is 8.42 Å². The Kier molecular flexibility index (Phi) is 6.91. The molecular formula is C21H24N4O5S. The molecule has 0 bridgehead atoms. The van der Waals surface area contributed by atoms with Gasteiger partial charge >= 0.3 is 0 Å². The molecule has 164 valence electrons. The van der Waals surface area contributed by atoms with Gasteiger partial charge in [0.05, 0.1) is 24.6 Å². The van der Waals surface area contributed by atoms with Crippen molar-refractivity contribution in [1.29, 1.82) is 0 Å². The van der Waals surface area contributed by atoms with Crippen molar-refractivity contribution in [2.45, 2.75) is 26.5 Å². The van der Waals surface area contributed by atoms with Crippen molar-refractivity contribution in [3.05, 3.63) is 60.5 Å². The molecule has 1 N–H and O–H groups in total. The summed E-state index contributed by atoms with van der Waals surface area (Å²) in [6.45, 7) is 3.32. The fourth-order valence-electron chi connectivity index (χ4n) is 2.78. The third-order valence-electron chi connectivity index (χ3n) is 4.10. The molecule has 0 aliphatic rings. The lowest BCUT2D eigenvalue weighted by molar-refractivity contribution is -0.119. The van der Waals surface area contributed by atoms with E-state index in [2.05, 4.69) is 15.5 Å². The van der Waals surface area contributed by atoms with Gasteiger partial charge in [0.25, 0.3) is 0 Å². The van der Waals surface area contributed by atoms with Gasteiger partial charge in [-0.15, -0.1) is 0 Å². The Labute approximate surface area is 181 Å². The fourth-order valence-corrected chi connectivity index (χ4v) is 3.62. The van der Waals surface area contributed by atoms with Gasteiger partial charge < -0.3 is 14.6 Å². The number of carbonyl (C=O) groups excluding carboxylic acids is 1. The lowest BCUT2D eigenvalue weighted by Gasteiger charge is -2.22. The second-order valence-corrected chi connectivity index (χ2v) is 8.99. The normalized spacial score (nSPS) is 11.4. The maximum atomic E-state index is 12.4. The third-order valence-corrected chi connectivity index (χ3v) is 5.24. The molecule has 0 radical (unpaired) electrons. The van der Waals surface area contributed by atoms with Crippen LogP contribution in [0.25, 0.3) is 11.4 Å². The van der Waals surface area contributed by atoms with Gasteiger partial charge in [0.15, 0.2) is 0 Å². The van der Waals surface area contributed by atoms with Crippen molar-refractivity contribution in [2.75, 3.05) is 17.1 Å². The molecule has 9 nitrogen and oxygen atoms in total. The molecule has 0 saturated heterocycles. The van der Waals surface area contributed by atoms with Gasteiger partial charge in [-0.3, -0.25) is 9.10 Å². The molecule has 0 unspecified atom stereocenters. The van der Waals surface area contributed by atoms with Crippen LogP contribution in [0, 0.1) is 0 Å². The van der Waals surface area contributed by atoms with Gasteiger partial charge in [0.2, 0.25) is 27.6 Å². The summed E-state index contributed by atoms with van der Waals surface area (Å²) in [7, 11) is -3.71. The number of hydrogen-bond donors (Lipinski definition) is 1. The maximum absolute atomic E-state index is 12.4. The number of carbonyl (C=O) groups is 1. The van der Waals surface area contributed by atoms with E-state index in [1.165, 1.54) is 0 Å². The molecule has 1 amide bonds. The van der Waals surface area contributed by atoms with Crippen LogP contribution in [0.15, 0.2) is 59.1 Å². The smallest absolute Gasteiger partial charge is 0.246 e. The zero-order chi connectivity index (χ0) is 22.4. The lowest BCUT2D eigenvalue weighted by atomic mass is 10.2. The Hall–Kier alpha value is -3.40. The second kappa shape index (κ2) is 9.61. The van der Waals surface area contributed by atoms with Gasteiger partial charge in [0, 0.05) is 11.6 Å². The summed E-state index contributed by atoms with van der Waals surface area (Å²) < 4.78 is 36.4. The molecule has 0 aliphatic carbocycles. The van der Waals surface area contributed by atoms with Crippen LogP contribution in [0.1, 0.15) is 19.7 Å². The molecule has 3 rings (SSSR count). The standard InChI is InChI=1S/C21H24N4O5S/c1-15(2)29-18-11-7-10-17(12-18)25(31(3,27)28)14-19(26)22-13-20-23-21(24-30-20)16-8-5-4-6-9-16/h4-12,15H,13-14H2,1-3H3,(H,22,26). The van der Waals surface area contributed by atoms with Crippen molar-refractivity contribution in [3.8, 4) is 17.1 Å². The summed E-state index contributed by atoms with van der Waals surface area (Å²) in [6, 6.07) is 15.9. The number of nitrogens with one attached hydrogen (secondary N) is 1. The first-order valence-electron chi connectivity index (χ1n) is 9.61. The number of ether oxygens (including phenoxy) is 1. The average molecular weight is 445 g/mol. The van der Waals surface area contributed by atoms with Gasteiger partial charge in [-0.05, 0) is 26.0 Å². The Balaban J connectivity index is 1.66. The number of aromatic nitrogens is 2. The molecule has 1 aromatic heterocycles. The van der Waals surface area contributed by atoms with Gasteiger partial charge in [-0.1, -0.05) is 41.6 Å². The van der Waals surface area contributed by atoms with Crippen LogP contribution >= 0.6 is 0 Å². The highest BCUT2D eigenvalue weighted by molar-refractivity contribution is 7.92. The summed E-state index contributed by atoms with van der Waals surface area (Å²) in [5.74, 6) is 0.621. The van der Waals surface area contributed by atoms with Crippen LogP contribution < -0.4 is 14.4 Å². The molecule has 10 heteroatoms. The summed E-state index contributed by atoms with van der Waals surface area (Å²) in [4.78, 5) is 16.7. The number of sulfonamides is 1. The third kappa shape index (κ3) is 6.29. The predicted molar refractivity (Wildman–Crippen MR) is 116 cm³/mol. The van der Waals surface area contributed by atoms with E-state index in [0.29, 0.717) is 17.3 Å². The fraction of sp³-hybridized carbons (Fsp3) is 0.286. The quantitative estimate of drug-likeness (QED) is 0.539. The van der Waals surface area contributed by atoms with E-state index >= 15 is 0 Å². The van der Waals surface area contributed by atoms with Crippen LogP contribution in [-0.2, 0) is 21.4 Å². The molecule has 0 saturated carbocycles. The highest BCUT2D eigenvalue weighted by Crippen LogP contribution is 2.24. The highest BCUT2D eigenvalue weighted by atomic mass is 32.2. The summed E-state index contributed by atoms with van der Waals surface area (Å²) in [5, 5.41) is 6.50. The van der Waals surface area contributed by atoms with E-state index in [9.17, 15) is 13.2 Å². The molecule has 0 spiro atoms. The first-order chi connectivity index (χ1) is 14.7. The van der Waals surface area contributed by atoms with Crippen molar-refractivity contribution < 1.29 is 22.5 Å². The van der Waals surface area contributed by atoms with Crippen molar-refractivity contribution in [2.24, 2.45) is 0 Å². The van der Waals surface area contributed by atoms with Crippen molar-refractivity contribution in [3.63, 3.8) is 0 Å². The minimum Gasteiger partial charge on any atom is -0.491 e. The van der Waals surface area contributed by atoms with Crippen molar-refractivity contribution >= 4 is 21.6 Å². The highest BCUT2D eigenvalue weighted by Gasteiger charge is 2.22. The van der Waals surface area contributed by atoms with Gasteiger partial charge in [-0.2, -0.15) is 4.98 Å². The first kappa shape index (κ1) is 22.3. The Morgan fingerprint density at radius 1 is 1.16 bits per heavy atom. The lowest BCUT2D eigenvalue weighted by Crippen LogP contribution is -2.40. The average Bonchev–Trinajstić information content (AvgIpc) is 3.19. The molecular weight excluding hydrogens is 420 g/mol. The first-order valence-corrected chi connectivity index (χ1v) is 11.5. The zero-order valence-electron chi connectivity index (χ0n) is 17.5. The monoisotopic (exact) mass is 444 g/mol. The van der Waals surface area contributed by atoms with Gasteiger partial charge in [0.1, 0.15) is 12.3 Å². The maximum Gasteiger partial charge on any atom is 0.246 e. The molecule has 0 aliphatic heterocycles. The topological polar surface area (TPSA) is 115 Å². The summed E-state index contributed by atoms with van der Waals surface area (Å²) in [6.07, 6.45) is 0.973. The van der Waals surface area contributed by atoms with Crippen LogP contribution in [-0.4, -0.2) is 43.4 Å². The molecule has 0 atom stereocenters. The molecule has 3 aromatic rings. The Morgan fingerprint density at radius 3 is 2.58 bits per heavy atom. The Bertz CT molecular complexity index is 1130.